The summed E-state index contributed by atoms with van der Waals surface area (Å²) in [6.45, 7) is 4.67. The topological polar surface area (TPSA) is 95.9 Å². The van der Waals surface area contributed by atoms with Gasteiger partial charge in [0.2, 0.25) is 0 Å². The van der Waals surface area contributed by atoms with Crippen molar-refractivity contribution in [3.8, 4) is 0 Å². The van der Waals surface area contributed by atoms with Gasteiger partial charge in [0, 0.05) is 0 Å². The van der Waals surface area contributed by atoms with Crippen LogP contribution in [0.5, 0.6) is 0 Å². The Kier molecular flexibility index (Phi) is 4.36. The van der Waals surface area contributed by atoms with Crippen molar-refractivity contribution in [1.29, 1.82) is 0 Å². The highest BCUT2D eigenvalue weighted by Crippen LogP contribution is 2.06. The summed E-state index contributed by atoms with van der Waals surface area (Å²) in [6.07, 6.45) is -2.36. The third-order valence-corrected chi connectivity index (χ3v) is 1.12. The number of alkyl carbamates (subject to hydrolysis) is 1. The number of carbonyl (C=O) groups excluding carboxylic acids is 1. The Morgan fingerprint density at radius 1 is 1.43 bits per heavy atom. The summed E-state index contributed by atoms with van der Waals surface area (Å²) >= 11 is 0. The van der Waals surface area contributed by atoms with Gasteiger partial charge in [0.25, 0.3) is 0 Å². The number of hydrogen-bond donors (Lipinski definition) is 3. The summed E-state index contributed by atoms with van der Waals surface area (Å²) in [5, 5.41) is 19.2. The number of hydrogen-bond acceptors (Lipinski definition) is 4. The van der Waals surface area contributed by atoms with Crippen LogP contribution in [-0.4, -0.2) is 40.5 Å². The zero-order chi connectivity index (χ0) is 11.4. The molecule has 6 nitrogen and oxygen atoms in total. The first-order chi connectivity index (χ1) is 6.22. The molecule has 0 spiro atoms. The number of aliphatic carboxylic acids is 1. The van der Waals surface area contributed by atoms with Crippen LogP contribution in [0.25, 0.3) is 0 Å². The van der Waals surface area contributed by atoms with E-state index < -0.39 is 23.8 Å². The van der Waals surface area contributed by atoms with E-state index in [4.69, 9.17) is 14.9 Å². The molecular formula is C8H15NO5. The molecule has 1 atom stereocenters. The Morgan fingerprint density at radius 3 is 2.29 bits per heavy atom. The van der Waals surface area contributed by atoms with Crippen LogP contribution in [0.15, 0.2) is 0 Å². The number of carbonyl (C=O) groups is 2. The number of carboxylic acids is 1. The smallest absolute Gasteiger partial charge is 0.407 e. The van der Waals surface area contributed by atoms with Crippen molar-refractivity contribution in [2.45, 2.75) is 32.5 Å². The van der Waals surface area contributed by atoms with Crippen molar-refractivity contribution in [1.82, 2.24) is 5.32 Å². The zero-order valence-electron chi connectivity index (χ0n) is 8.40. The summed E-state index contributed by atoms with van der Waals surface area (Å²) in [5.74, 6) is -1.39. The van der Waals surface area contributed by atoms with E-state index in [0.29, 0.717) is 0 Å². The average Bonchev–Trinajstić information content (AvgIpc) is 1.96. The van der Waals surface area contributed by atoms with E-state index in [9.17, 15) is 9.59 Å². The zero-order valence-corrected chi connectivity index (χ0v) is 8.40. The standard InChI is InChI=1S/C8H15NO5/c1-8(2,3)14-7(13)9-4-5(10)6(11)12/h5,10H,4H2,1-3H3,(H,9,13)(H,11,12)/t5-/m1/s1. The van der Waals surface area contributed by atoms with Crippen LogP contribution in [0.1, 0.15) is 20.8 Å². The molecule has 82 valence electrons. The third-order valence-electron chi connectivity index (χ3n) is 1.12. The molecule has 0 aromatic carbocycles. The Morgan fingerprint density at radius 2 is 1.93 bits per heavy atom. The van der Waals surface area contributed by atoms with E-state index in [1.54, 1.807) is 20.8 Å². The summed E-state index contributed by atoms with van der Waals surface area (Å²) in [5.41, 5.74) is -0.641. The van der Waals surface area contributed by atoms with Crippen molar-refractivity contribution in [3.63, 3.8) is 0 Å². The molecule has 0 aliphatic carbocycles. The maximum Gasteiger partial charge on any atom is 0.407 e. The van der Waals surface area contributed by atoms with Gasteiger partial charge in [-0.3, -0.25) is 0 Å². The minimum Gasteiger partial charge on any atom is -0.479 e. The van der Waals surface area contributed by atoms with Crippen LogP contribution in [0, 0.1) is 0 Å². The van der Waals surface area contributed by atoms with Crippen LogP contribution in [0.3, 0.4) is 0 Å². The number of nitrogens with one attached hydrogen (secondary N) is 1. The lowest BCUT2D eigenvalue weighted by Crippen LogP contribution is -2.39. The number of rotatable bonds is 3. The lowest BCUT2D eigenvalue weighted by Gasteiger charge is -2.19. The van der Waals surface area contributed by atoms with Crippen molar-refractivity contribution in [3.05, 3.63) is 0 Å². The van der Waals surface area contributed by atoms with Crippen LogP contribution in [0.2, 0.25) is 0 Å². The molecule has 0 aromatic heterocycles. The van der Waals surface area contributed by atoms with E-state index in [1.807, 2.05) is 0 Å². The Labute approximate surface area is 81.9 Å². The SMILES string of the molecule is CC(C)(C)OC(=O)NC[C@@H](O)C(=O)O. The van der Waals surface area contributed by atoms with Gasteiger partial charge in [-0.2, -0.15) is 0 Å². The molecule has 1 amide bonds. The number of aliphatic hydroxyl groups is 1. The van der Waals surface area contributed by atoms with Gasteiger partial charge in [-0.25, -0.2) is 9.59 Å². The van der Waals surface area contributed by atoms with Crippen LogP contribution in [-0.2, 0) is 9.53 Å². The monoisotopic (exact) mass is 205 g/mol. The van der Waals surface area contributed by atoms with Gasteiger partial charge in [0.15, 0.2) is 6.10 Å². The van der Waals surface area contributed by atoms with Gasteiger partial charge in [0.05, 0.1) is 6.54 Å². The van der Waals surface area contributed by atoms with Gasteiger partial charge < -0.3 is 20.3 Å². The highest BCUT2D eigenvalue weighted by Gasteiger charge is 2.18. The fourth-order valence-electron chi connectivity index (χ4n) is 0.581. The predicted molar refractivity (Wildman–Crippen MR) is 47.9 cm³/mol. The molecule has 0 saturated heterocycles. The fraction of sp³-hybridized carbons (Fsp3) is 0.750. The molecule has 0 aliphatic heterocycles. The van der Waals surface area contributed by atoms with Gasteiger partial charge in [-0.05, 0) is 20.8 Å². The van der Waals surface area contributed by atoms with Gasteiger partial charge in [-0.15, -0.1) is 0 Å². The Bertz CT molecular complexity index is 220. The van der Waals surface area contributed by atoms with Crippen molar-refractivity contribution >= 4 is 12.1 Å². The van der Waals surface area contributed by atoms with Crippen molar-refractivity contribution < 1.29 is 24.5 Å². The normalized spacial score (nSPS) is 13.1. The van der Waals surface area contributed by atoms with Crippen molar-refractivity contribution in [2.24, 2.45) is 0 Å². The first kappa shape index (κ1) is 12.7. The first-order valence-electron chi connectivity index (χ1n) is 4.10. The third kappa shape index (κ3) is 6.24. The van der Waals surface area contributed by atoms with E-state index in [-0.39, 0.29) is 6.54 Å². The summed E-state index contributed by atoms with van der Waals surface area (Å²) in [4.78, 5) is 21.1. The molecule has 6 heteroatoms. The van der Waals surface area contributed by atoms with Crippen LogP contribution < -0.4 is 5.32 Å². The first-order valence-corrected chi connectivity index (χ1v) is 4.10. The van der Waals surface area contributed by atoms with E-state index in [0.717, 1.165) is 0 Å². The second kappa shape index (κ2) is 4.80. The fourth-order valence-corrected chi connectivity index (χ4v) is 0.581. The summed E-state index contributed by atoms with van der Waals surface area (Å²) in [6, 6.07) is 0. The van der Waals surface area contributed by atoms with Crippen LogP contribution in [0.4, 0.5) is 4.79 Å². The Hall–Kier alpha value is -1.30. The second-order valence-electron chi connectivity index (χ2n) is 3.74. The summed E-state index contributed by atoms with van der Waals surface area (Å²) < 4.78 is 4.81. The van der Waals surface area contributed by atoms with E-state index in [1.165, 1.54) is 0 Å². The highest BCUT2D eigenvalue weighted by molar-refractivity contribution is 5.74. The molecule has 0 heterocycles. The van der Waals surface area contributed by atoms with E-state index >= 15 is 0 Å². The largest absolute Gasteiger partial charge is 0.479 e. The van der Waals surface area contributed by atoms with Gasteiger partial charge in [-0.1, -0.05) is 0 Å². The highest BCUT2D eigenvalue weighted by atomic mass is 16.6. The molecule has 14 heavy (non-hydrogen) atoms. The molecule has 0 unspecified atom stereocenters. The number of amides is 1. The lowest BCUT2D eigenvalue weighted by molar-refractivity contribution is -0.146. The molecule has 0 fully saturated rings. The maximum atomic E-state index is 10.9. The second-order valence-corrected chi connectivity index (χ2v) is 3.74. The summed E-state index contributed by atoms with van der Waals surface area (Å²) in [7, 11) is 0. The minimum atomic E-state index is -1.61. The maximum absolute atomic E-state index is 10.9. The molecule has 0 saturated carbocycles. The van der Waals surface area contributed by atoms with Gasteiger partial charge >= 0.3 is 12.1 Å². The molecule has 0 bridgehead atoms. The van der Waals surface area contributed by atoms with E-state index in [2.05, 4.69) is 5.32 Å². The number of aliphatic hydroxyl groups excluding tert-OH is 1. The molecule has 0 aromatic rings. The number of ether oxygens (including phenoxy) is 1. The van der Waals surface area contributed by atoms with Crippen LogP contribution >= 0.6 is 0 Å². The molecule has 0 radical (unpaired) electrons. The molecule has 0 aliphatic rings. The van der Waals surface area contributed by atoms with Crippen molar-refractivity contribution in [2.75, 3.05) is 6.54 Å². The molecular weight excluding hydrogens is 190 g/mol. The van der Waals surface area contributed by atoms with Gasteiger partial charge in [0.1, 0.15) is 5.60 Å². The lowest BCUT2D eigenvalue weighted by atomic mass is 10.2. The minimum absolute atomic E-state index is 0.371. The predicted octanol–water partition coefficient (Wildman–Crippen LogP) is -0.0434. The average molecular weight is 205 g/mol. The molecule has 3 N–H and O–H groups in total. The molecule has 0 rings (SSSR count). The quantitative estimate of drug-likeness (QED) is 0.600. The number of carboxylic acid groups (broad SMARTS) is 1. The Balaban J connectivity index is 3.81.